The van der Waals surface area contributed by atoms with Crippen molar-refractivity contribution in [1.29, 1.82) is 0 Å². The van der Waals surface area contributed by atoms with Crippen LogP contribution in [-0.4, -0.2) is 12.8 Å². The van der Waals surface area contributed by atoms with Crippen molar-refractivity contribution in [2.45, 2.75) is 39.3 Å². The number of ether oxygens (including phenoxy) is 2. The largest absolute Gasteiger partial charge is 0.454 e. The van der Waals surface area contributed by atoms with Crippen molar-refractivity contribution in [3.05, 3.63) is 22.2 Å². The quantitative estimate of drug-likeness (QED) is 0.903. The van der Waals surface area contributed by atoms with Crippen molar-refractivity contribution in [3.63, 3.8) is 0 Å². The lowest BCUT2D eigenvalue weighted by Crippen LogP contribution is -2.25. The van der Waals surface area contributed by atoms with Crippen molar-refractivity contribution in [3.8, 4) is 11.5 Å². The van der Waals surface area contributed by atoms with Gasteiger partial charge in [0.25, 0.3) is 0 Å². The standard InChI is InChI=1S/C13H18BrNO2/c1-3-4-9(2)15-7-10-5-12-13(6-11(10)14)17-8-16-12/h5-6,9,15H,3-4,7-8H2,1-2H3. The number of hydrogen-bond donors (Lipinski definition) is 1. The van der Waals surface area contributed by atoms with Gasteiger partial charge in [-0.2, -0.15) is 0 Å². The van der Waals surface area contributed by atoms with E-state index >= 15 is 0 Å². The minimum Gasteiger partial charge on any atom is -0.454 e. The summed E-state index contributed by atoms with van der Waals surface area (Å²) in [6, 6.07) is 4.55. The average molecular weight is 300 g/mol. The number of benzene rings is 1. The first-order chi connectivity index (χ1) is 8.20. The Morgan fingerprint density at radius 2 is 2.06 bits per heavy atom. The van der Waals surface area contributed by atoms with Crippen LogP contribution in [0.4, 0.5) is 0 Å². The maximum Gasteiger partial charge on any atom is 0.231 e. The molecule has 0 spiro atoms. The van der Waals surface area contributed by atoms with Gasteiger partial charge in [-0.25, -0.2) is 0 Å². The van der Waals surface area contributed by atoms with Crippen LogP contribution >= 0.6 is 15.9 Å². The molecule has 0 radical (unpaired) electrons. The molecule has 2 rings (SSSR count). The Morgan fingerprint density at radius 1 is 1.35 bits per heavy atom. The average Bonchev–Trinajstić information content (AvgIpc) is 2.73. The number of nitrogens with one attached hydrogen (secondary N) is 1. The van der Waals surface area contributed by atoms with Crippen LogP contribution in [0.2, 0.25) is 0 Å². The van der Waals surface area contributed by atoms with Crippen LogP contribution in [0.5, 0.6) is 11.5 Å². The normalized spacial score (nSPS) is 15.0. The van der Waals surface area contributed by atoms with E-state index in [-0.39, 0.29) is 0 Å². The molecule has 0 aromatic heterocycles. The van der Waals surface area contributed by atoms with E-state index in [1.165, 1.54) is 18.4 Å². The van der Waals surface area contributed by atoms with Gasteiger partial charge in [0.15, 0.2) is 11.5 Å². The SMILES string of the molecule is CCCC(C)NCc1cc2c(cc1Br)OCO2. The van der Waals surface area contributed by atoms with E-state index in [0.717, 1.165) is 22.5 Å². The third-order valence-corrected chi connectivity index (χ3v) is 3.64. The van der Waals surface area contributed by atoms with Crippen molar-refractivity contribution in [1.82, 2.24) is 5.32 Å². The summed E-state index contributed by atoms with van der Waals surface area (Å²) in [5, 5.41) is 3.51. The molecule has 0 saturated carbocycles. The van der Waals surface area contributed by atoms with Gasteiger partial charge in [0.2, 0.25) is 6.79 Å². The molecule has 4 heteroatoms. The Balaban J connectivity index is 2.01. The van der Waals surface area contributed by atoms with E-state index in [4.69, 9.17) is 9.47 Å². The van der Waals surface area contributed by atoms with Gasteiger partial charge < -0.3 is 14.8 Å². The second-order valence-corrected chi connectivity index (χ2v) is 5.22. The van der Waals surface area contributed by atoms with Gasteiger partial charge in [-0.1, -0.05) is 29.3 Å². The van der Waals surface area contributed by atoms with E-state index in [1.54, 1.807) is 0 Å². The van der Waals surface area contributed by atoms with Gasteiger partial charge in [0, 0.05) is 17.1 Å². The Morgan fingerprint density at radius 3 is 2.76 bits per heavy atom. The zero-order valence-corrected chi connectivity index (χ0v) is 11.8. The third-order valence-electron chi connectivity index (χ3n) is 2.90. The molecule has 1 N–H and O–H groups in total. The molecule has 94 valence electrons. The maximum atomic E-state index is 5.38. The van der Waals surface area contributed by atoms with Crippen LogP contribution in [-0.2, 0) is 6.54 Å². The van der Waals surface area contributed by atoms with E-state index in [0.29, 0.717) is 12.8 Å². The number of rotatable bonds is 5. The monoisotopic (exact) mass is 299 g/mol. The van der Waals surface area contributed by atoms with Gasteiger partial charge in [-0.15, -0.1) is 0 Å². The summed E-state index contributed by atoms with van der Waals surface area (Å²) in [5.74, 6) is 1.66. The minimum atomic E-state index is 0.324. The zero-order valence-electron chi connectivity index (χ0n) is 10.3. The topological polar surface area (TPSA) is 30.5 Å². The van der Waals surface area contributed by atoms with Crippen LogP contribution < -0.4 is 14.8 Å². The Kier molecular flexibility index (Phi) is 4.29. The highest BCUT2D eigenvalue weighted by Gasteiger charge is 2.16. The number of fused-ring (bicyclic) bond motifs is 1. The van der Waals surface area contributed by atoms with E-state index in [9.17, 15) is 0 Å². The first-order valence-corrected chi connectivity index (χ1v) is 6.81. The predicted octanol–water partition coefficient (Wildman–Crippen LogP) is 3.46. The third kappa shape index (κ3) is 3.13. The summed E-state index contributed by atoms with van der Waals surface area (Å²) in [6.45, 7) is 5.59. The molecule has 3 nitrogen and oxygen atoms in total. The highest BCUT2D eigenvalue weighted by Crippen LogP contribution is 2.36. The summed E-state index contributed by atoms with van der Waals surface area (Å²) in [7, 11) is 0. The molecular weight excluding hydrogens is 282 g/mol. The summed E-state index contributed by atoms with van der Waals surface area (Å²) in [4.78, 5) is 0. The van der Waals surface area contributed by atoms with E-state index < -0.39 is 0 Å². The lowest BCUT2D eigenvalue weighted by atomic mass is 10.1. The molecule has 0 bridgehead atoms. The molecule has 0 fully saturated rings. The molecule has 17 heavy (non-hydrogen) atoms. The molecule has 1 aromatic rings. The Hall–Kier alpha value is -0.740. The second kappa shape index (κ2) is 5.74. The highest BCUT2D eigenvalue weighted by molar-refractivity contribution is 9.10. The predicted molar refractivity (Wildman–Crippen MR) is 71.5 cm³/mol. The van der Waals surface area contributed by atoms with Gasteiger partial charge in [0.1, 0.15) is 0 Å². The first kappa shape index (κ1) is 12.7. The van der Waals surface area contributed by atoms with Crippen LogP contribution in [0.3, 0.4) is 0 Å². The highest BCUT2D eigenvalue weighted by atomic mass is 79.9. The molecule has 1 aliphatic rings. The van der Waals surface area contributed by atoms with Crippen molar-refractivity contribution < 1.29 is 9.47 Å². The molecule has 1 aliphatic heterocycles. The fraction of sp³-hybridized carbons (Fsp3) is 0.538. The van der Waals surface area contributed by atoms with Gasteiger partial charge in [-0.3, -0.25) is 0 Å². The Labute approximate surface area is 111 Å². The van der Waals surface area contributed by atoms with Crippen LogP contribution in [0, 0.1) is 0 Å². The molecule has 0 aliphatic carbocycles. The van der Waals surface area contributed by atoms with Crippen molar-refractivity contribution in [2.24, 2.45) is 0 Å². The first-order valence-electron chi connectivity index (χ1n) is 6.02. The smallest absolute Gasteiger partial charge is 0.231 e. The summed E-state index contributed by atoms with van der Waals surface area (Å²) in [5.41, 5.74) is 1.21. The maximum absolute atomic E-state index is 5.38. The van der Waals surface area contributed by atoms with Crippen molar-refractivity contribution >= 4 is 15.9 Å². The van der Waals surface area contributed by atoms with Gasteiger partial charge in [0.05, 0.1) is 0 Å². The summed E-state index contributed by atoms with van der Waals surface area (Å²) < 4.78 is 11.8. The molecular formula is C13H18BrNO2. The van der Waals surface area contributed by atoms with Gasteiger partial charge >= 0.3 is 0 Å². The van der Waals surface area contributed by atoms with Crippen LogP contribution in [0.15, 0.2) is 16.6 Å². The summed E-state index contributed by atoms with van der Waals surface area (Å²) in [6.07, 6.45) is 2.40. The number of halogens is 1. The minimum absolute atomic E-state index is 0.324. The zero-order chi connectivity index (χ0) is 12.3. The fourth-order valence-electron chi connectivity index (χ4n) is 1.91. The molecule has 1 unspecified atom stereocenters. The molecule has 1 atom stereocenters. The van der Waals surface area contributed by atoms with E-state index in [2.05, 4.69) is 35.1 Å². The number of hydrogen-bond acceptors (Lipinski definition) is 3. The van der Waals surface area contributed by atoms with Crippen molar-refractivity contribution in [2.75, 3.05) is 6.79 Å². The van der Waals surface area contributed by atoms with Gasteiger partial charge in [-0.05, 0) is 31.0 Å². The molecule has 0 amide bonds. The summed E-state index contributed by atoms with van der Waals surface area (Å²) >= 11 is 3.56. The molecule has 1 heterocycles. The second-order valence-electron chi connectivity index (χ2n) is 4.37. The fourth-order valence-corrected chi connectivity index (χ4v) is 2.38. The van der Waals surface area contributed by atoms with Crippen LogP contribution in [0.25, 0.3) is 0 Å². The lowest BCUT2D eigenvalue weighted by molar-refractivity contribution is 0.174. The van der Waals surface area contributed by atoms with Crippen LogP contribution in [0.1, 0.15) is 32.3 Å². The van der Waals surface area contributed by atoms with E-state index in [1.807, 2.05) is 12.1 Å². The Bertz CT molecular complexity index is 395. The lowest BCUT2D eigenvalue weighted by Gasteiger charge is -2.13. The molecule has 1 aromatic carbocycles. The molecule has 0 saturated heterocycles.